The number of benzene rings is 2. The van der Waals surface area contributed by atoms with Gasteiger partial charge < -0.3 is 0 Å². The Morgan fingerprint density at radius 2 is 1.45 bits per heavy atom. The Kier molecular flexibility index (Phi) is 3.40. The van der Waals surface area contributed by atoms with E-state index in [1.807, 2.05) is 61.7 Å². The van der Waals surface area contributed by atoms with Gasteiger partial charge in [-0.05, 0) is 41.5 Å². The molecule has 2 heteroatoms. The Morgan fingerprint density at radius 1 is 0.864 bits per heavy atom. The van der Waals surface area contributed by atoms with Crippen molar-refractivity contribution in [2.75, 3.05) is 0 Å². The second-order valence-corrected chi connectivity index (χ2v) is 6.85. The van der Waals surface area contributed by atoms with Crippen LogP contribution in [0, 0.1) is 6.92 Å². The summed E-state index contributed by atoms with van der Waals surface area (Å²) in [5, 5.41) is 1.82. The molecule has 0 atom stereocenters. The van der Waals surface area contributed by atoms with Crippen molar-refractivity contribution < 1.29 is 0 Å². The Bertz CT molecular complexity index is 880. The first-order valence-electron chi connectivity index (χ1n) is 7.60. The highest BCUT2D eigenvalue weighted by Gasteiger charge is 2.19. The van der Waals surface area contributed by atoms with Crippen LogP contribution in [0.25, 0.3) is 16.5 Å². The summed E-state index contributed by atoms with van der Waals surface area (Å²) in [5.41, 5.74) is 3.29. The van der Waals surface area contributed by atoms with E-state index in [0.717, 1.165) is 16.5 Å². The largest absolute Gasteiger partial charge is 0.283 e. The first-order valence-corrected chi connectivity index (χ1v) is 7.60. The fourth-order valence-electron chi connectivity index (χ4n) is 2.79. The molecular formula is C20H21NO. The van der Waals surface area contributed by atoms with Crippen molar-refractivity contribution >= 4 is 10.8 Å². The van der Waals surface area contributed by atoms with Gasteiger partial charge in [0.2, 0.25) is 0 Å². The highest BCUT2D eigenvalue weighted by atomic mass is 16.1. The molecule has 2 nitrogen and oxygen atoms in total. The average molecular weight is 291 g/mol. The van der Waals surface area contributed by atoms with Gasteiger partial charge in [0.05, 0.1) is 0 Å². The molecule has 0 unspecified atom stereocenters. The summed E-state index contributed by atoms with van der Waals surface area (Å²) >= 11 is 0. The summed E-state index contributed by atoms with van der Waals surface area (Å²) in [6.07, 6.45) is 2.00. The van der Waals surface area contributed by atoms with E-state index in [9.17, 15) is 4.79 Å². The predicted octanol–water partition coefficient (Wildman–Crippen LogP) is 4.60. The molecule has 0 aliphatic rings. The summed E-state index contributed by atoms with van der Waals surface area (Å²) in [4.78, 5) is 12.9. The molecule has 1 heterocycles. The van der Waals surface area contributed by atoms with Crippen molar-refractivity contribution in [3.63, 3.8) is 0 Å². The maximum Gasteiger partial charge on any atom is 0.262 e. The van der Waals surface area contributed by atoms with Gasteiger partial charge in [-0.15, -0.1) is 0 Å². The van der Waals surface area contributed by atoms with E-state index in [4.69, 9.17) is 0 Å². The molecular weight excluding hydrogens is 270 g/mol. The maximum absolute atomic E-state index is 12.9. The highest BCUT2D eigenvalue weighted by Crippen LogP contribution is 2.29. The molecule has 0 spiro atoms. The Labute approximate surface area is 131 Å². The van der Waals surface area contributed by atoms with Gasteiger partial charge in [-0.3, -0.25) is 9.36 Å². The van der Waals surface area contributed by atoms with E-state index in [-0.39, 0.29) is 11.0 Å². The third-order valence-corrected chi connectivity index (χ3v) is 4.04. The second-order valence-electron chi connectivity index (χ2n) is 6.85. The Balaban J connectivity index is 2.39. The molecule has 0 saturated heterocycles. The van der Waals surface area contributed by atoms with Gasteiger partial charge in [-0.1, -0.05) is 56.7 Å². The van der Waals surface area contributed by atoms with Crippen molar-refractivity contribution in [1.29, 1.82) is 0 Å². The van der Waals surface area contributed by atoms with Crippen LogP contribution < -0.4 is 5.56 Å². The summed E-state index contributed by atoms with van der Waals surface area (Å²) < 4.78 is 1.77. The summed E-state index contributed by atoms with van der Waals surface area (Å²) in [6.45, 7) is 8.59. The molecule has 0 bridgehead atoms. The summed E-state index contributed by atoms with van der Waals surface area (Å²) in [6, 6.07) is 15.9. The normalized spacial score (nSPS) is 11.8. The van der Waals surface area contributed by atoms with Crippen LogP contribution in [0.3, 0.4) is 0 Å². The number of pyridine rings is 1. The number of hydrogen-bond donors (Lipinski definition) is 0. The molecule has 0 N–H and O–H groups in total. The number of fused-ring (bicyclic) bond motifs is 1. The smallest absolute Gasteiger partial charge is 0.262 e. The lowest BCUT2D eigenvalue weighted by Gasteiger charge is -2.23. The monoisotopic (exact) mass is 291 g/mol. The third kappa shape index (κ3) is 2.45. The van der Waals surface area contributed by atoms with Crippen LogP contribution in [-0.2, 0) is 5.41 Å². The van der Waals surface area contributed by atoms with E-state index >= 15 is 0 Å². The van der Waals surface area contributed by atoms with Gasteiger partial charge in [0.15, 0.2) is 0 Å². The van der Waals surface area contributed by atoms with Crippen LogP contribution in [0.2, 0.25) is 0 Å². The first kappa shape index (κ1) is 14.6. The SMILES string of the molecule is Cc1ccc(-n2cc(C(C)(C)C)c3ccccc3c2=O)cc1. The molecule has 22 heavy (non-hydrogen) atoms. The zero-order valence-corrected chi connectivity index (χ0v) is 13.6. The minimum atomic E-state index is -0.0280. The van der Waals surface area contributed by atoms with E-state index < -0.39 is 0 Å². The summed E-state index contributed by atoms with van der Waals surface area (Å²) in [7, 11) is 0. The molecule has 0 saturated carbocycles. The van der Waals surface area contributed by atoms with E-state index in [2.05, 4.69) is 20.8 Å². The number of rotatable bonds is 1. The fraction of sp³-hybridized carbons (Fsp3) is 0.250. The molecule has 0 radical (unpaired) electrons. The topological polar surface area (TPSA) is 22.0 Å². The molecule has 2 aromatic carbocycles. The van der Waals surface area contributed by atoms with E-state index in [1.165, 1.54) is 11.1 Å². The van der Waals surface area contributed by atoms with Gasteiger partial charge in [0.25, 0.3) is 5.56 Å². The lowest BCUT2D eigenvalue weighted by molar-refractivity contribution is 0.590. The van der Waals surface area contributed by atoms with E-state index in [0.29, 0.717) is 0 Å². The number of hydrogen-bond acceptors (Lipinski definition) is 1. The zero-order chi connectivity index (χ0) is 15.9. The van der Waals surface area contributed by atoms with Crippen LogP contribution in [0.1, 0.15) is 31.9 Å². The fourth-order valence-corrected chi connectivity index (χ4v) is 2.79. The minimum Gasteiger partial charge on any atom is -0.283 e. The third-order valence-electron chi connectivity index (χ3n) is 4.04. The quantitative estimate of drug-likeness (QED) is 0.642. The second kappa shape index (κ2) is 5.13. The van der Waals surface area contributed by atoms with Crippen molar-refractivity contribution in [3.05, 3.63) is 76.2 Å². The van der Waals surface area contributed by atoms with Crippen molar-refractivity contribution in [2.24, 2.45) is 0 Å². The van der Waals surface area contributed by atoms with Gasteiger partial charge in [-0.25, -0.2) is 0 Å². The molecule has 3 rings (SSSR count). The van der Waals surface area contributed by atoms with Gasteiger partial charge in [0.1, 0.15) is 0 Å². The Morgan fingerprint density at radius 3 is 2.05 bits per heavy atom. The van der Waals surface area contributed by atoms with Crippen molar-refractivity contribution in [3.8, 4) is 5.69 Å². The van der Waals surface area contributed by atoms with Crippen LogP contribution >= 0.6 is 0 Å². The first-order chi connectivity index (χ1) is 10.4. The lowest BCUT2D eigenvalue weighted by Crippen LogP contribution is -2.23. The number of aryl methyl sites for hydroxylation is 1. The molecule has 0 aliphatic carbocycles. The number of aromatic nitrogens is 1. The van der Waals surface area contributed by atoms with Crippen molar-refractivity contribution in [2.45, 2.75) is 33.1 Å². The predicted molar refractivity (Wildman–Crippen MR) is 93.0 cm³/mol. The standard InChI is InChI=1S/C20H21NO/c1-14-9-11-15(12-10-14)21-13-18(20(2,3)4)16-7-5-6-8-17(16)19(21)22/h5-13H,1-4H3. The van der Waals surface area contributed by atoms with Crippen LogP contribution in [-0.4, -0.2) is 4.57 Å². The Hall–Kier alpha value is -2.35. The average Bonchev–Trinajstić information content (AvgIpc) is 2.48. The summed E-state index contributed by atoms with van der Waals surface area (Å²) in [5.74, 6) is 0. The van der Waals surface area contributed by atoms with Gasteiger partial charge >= 0.3 is 0 Å². The molecule has 112 valence electrons. The van der Waals surface area contributed by atoms with Gasteiger partial charge in [-0.2, -0.15) is 0 Å². The van der Waals surface area contributed by atoms with Crippen LogP contribution in [0.4, 0.5) is 0 Å². The van der Waals surface area contributed by atoms with E-state index in [1.54, 1.807) is 4.57 Å². The minimum absolute atomic E-state index is 0.0280. The van der Waals surface area contributed by atoms with Gasteiger partial charge in [0, 0.05) is 17.3 Å². The van der Waals surface area contributed by atoms with Crippen LogP contribution in [0.5, 0.6) is 0 Å². The maximum atomic E-state index is 12.9. The molecule has 1 aromatic heterocycles. The molecule has 0 amide bonds. The van der Waals surface area contributed by atoms with Crippen LogP contribution in [0.15, 0.2) is 59.5 Å². The lowest BCUT2D eigenvalue weighted by atomic mass is 9.85. The molecule has 3 aromatic rings. The number of nitrogens with zero attached hydrogens (tertiary/aromatic N) is 1. The molecule has 0 aliphatic heterocycles. The highest BCUT2D eigenvalue weighted by molar-refractivity contribution is 5.86. The zero-order valence-electron chi connectivity index (χ0n) is 13.6. The molecule has 0 fully saturated rings. The van der Waals surface area contributed by atoms with Crippen molar-refractivity contribution in [1.82, 2.24) is 4.57 Å².